The molecule has 2 rings (SSSR count). The lowest BCUT2D eigenvalue weighted by Gasteiger charge is -2.39. The second-order valence-corrected chi connectivity index (χ2v) is 5.83. The first-order valence-corrected chi connectivity index (χ1v) is 8.00. The third kappa shape index (κ3) is 3.87. The highest BCUT2D eigenvalue weighted by Crippen LogP contribution is 2.34. The number of hydrogen-bond donors (Lipinski definition) is 2. The highest BCUT2D eigenvalue weighted by molar-refractivity contribution is 6.33. The van der Waals surface area contributed by atoms with Gasteiger partial charge in [-0.25, -0.2) is 0 Å². The van der Waals surface area contributed by atoms with Crippen molar-refractivity contribution in [3.63, 3.8) is 0 Å². The van der Waals surface area contributed by atoms with Crippen LogP contribution in [0.5, 0.6) is 0 Å². The maximum atomic E-state index is 9.08. The number of anilines is 1. The van der Waals surface area contributed by atoms with E-state index in [0.717, 1.165) is 36.8 Å². The van der Waals surface area contributed by atoms with Gasteiger partial charge in [-0.3, -0.25) is 0 Å². The van der Waals surface area contributed by atoms with Gasteiger partial charge in [-0.05, 0) is 49.9 Å². The highest BCUT2D eigenvalue weighted by Gasteiger charge is 2.26. The van der Waals surface area contributed by atoms with Gasteiger partial charge in [0.15, 0.2) is 0 Å². The van der Waals surface area contributed by atoms with Crippen LogP contribution in [0.2, 0.25) is 5.02 Å². The van der Waals surface area contributed by atoms with Crippen LogP contribution in [0.4, 0.5) is 5.69 Å². The largest absolute Gasteiger partial charge is 0.396 e. The molecule has 20 heavy (non-hydrogen) atoms. The van der Waals surface area contributed by atoms with E-state index in [1.807, 2.05) is 0 Å². The maximum absolute atomic E-state index is 9.08. The molecule has 0 radical (unpaired) electrons. The summed E-state index contributed by atoms with van der Waals surface area (Å²) in [6.07, 6.45) is 4.57. The fraction of sp³-hybridized carbons (Fsp3) is 0.625. The summed E-state index contributed by atoms with van der Waals surface area (Å²) >= 11 is 6.48. The Morgan fingerprint density at radius 1 is 1.40 bits per heavy atom. The molecule has 1 fully saturated rings. The zero-order valence-corrected chi connectivity index (χ0v) is 13.0. The summed E-state index contributed by atoms with van der Waals surface area (Å²) in [5.41, 5.74) is 2.33. The molecule has 3 nitrogen and oxygen atoms in total. The number of nitrogens with zero attached hydrogens (tertiary/aromatic N) is 1. The molecule has 0 atom stereocenters. The second kappa shape index (κ2) is 7.87. The minimum Gasteiger partial charge on any atom is -0.396 e. The molecule has 1 aromatic rings. The van der Waals surface area contributed by atoms with Crippen LogP contribution in [-0.4, -0.2) is 30.8 Å². The van der Waals surface area contributed by atoms with E-state index in [2.05, 4.69) is 35.3 Å². The van der Waals surface area contributed by atoms with Crippen molar-refractivity contribution in [1.82, 2.24) is 5.32 Å². The van der Waals surface area contributed by atoms with Gasteiger partial charge in [0.1, 0.15) is 0 Å². The summed E-state index contributed by atoms with van der Waals surface area (Å²) in [5, 5.41) is 13.2. The Hall–Kier alpha value is -0.770. The van der Waals surface area contributed by atoms with E-state index in [4.69, 9.17) is 16.7 Å². The number of halogens is 1. The molecular weight excluding hydrogens is 272 g/mol. The average molecular weight is 297 g/mol. The van der Waals surface area contributed by atoms with E-state index in [1.54, 1.807) is 0 Å². The Bertz CT molecular complexity index is 421. The molecule has 4 heteroatoms. The molecule has 0 aliphatic heterocycles. The molecule has 0 saturated heterocycles. The van der Waals surface area contributed by atoms with Crippen molar-refractivity contribution >= 4 is 17.3 Å². The van der Waals surface area contributed by atoms with E-state index in [1.165, 1.54) is 24.8 Å². The molecule has 1 aliphatic rings. The summed E-state index contributed by atoms with van der Waals surface area (Å²) < 4.78 is 0. The van der Waals surface area contributed by atoms with Crippen molar-refractivity contribution in [2.24, 2.45) is 0 Å². The van der Waals surface area contributed by atoms with Crippen molar-refractivity contribution in [2.45, 2.75) is 45.2 Å². The van der Waals surface area contributed by atoms with Crippen LogP contribution < -0.4 is 10.2 Å². The SMILES string of the molecule is CCNCc1ccc(N(CCCO)C2CCC2)c(Cl)c1. The first-order chi connectivity index (χ1) is 9.76. The molecule has 1 aliphatic carbocycles. The highest BCUT2D eigenvalue weighted by atomic mass is 35.5. The molecule has 0 bridgehead atoms. The second-order valence-electron chi connectivity index (χ2n) is 5.42. The van der Waals surface area contributed by atoms with Gasteiger partial charge >= 0.3 is 0 Å². The van der Waals surface area contributed by atoms with Gasteiger partial charge < -0.3 is 15.3 Å². The van der Waals surface area contributed by atoms with Gasteiger partial charge in [-0.1, -0.05) is 24.6 Å². The van der Waals surface area contributed by atoms with Crippen molar-refractivity contribution in [2.75, 3.05) is 24.6 Å². The van der Waals surface area contributed by atoms with Crippen LogP contribution in [0.15, 0.2) is 18.2 Å². The van der Waals surface area contributed by atoms with Gasteiger partial charge in [-0.2, -0.15) is 0 Å². The van der Waals surface area contributed by atoms with Crippen LogP contribution in [0.25, 0.3) is 0 Å². The summed E-state index contributed by atoms with van der Waals surface area (Å²) in [5.74, 6) is 0. The summed E-state index contributed by atoms with van der Waals surface area (Å²) in [4.78, 5) is 2.37. The molecular formula is C16H25ClN2O. The molecule has 0 spiro atoms. The number of hydrogen-bond acceptors (Lipinski definition) is 3. The monoisotopic (exact) mass is 296 g/mol. The smallest absolute Gasteiger partial charge is 0.0642 e. The quantitative estimate of drug-likeness (QED) is 0.773. The minimum atomic E-state index is 0.235. The van der Waals surface area contributed by atoms with Crippen LogP contribution >= 0.6 is 11.6 Å². The predicted molar refractivity (Wildman–Crippen MR) is 85.5 cm³/mol. The number of rotatable bonds is 8. The lowest BCUT2D eigenvalue weighted by Crippen LogP contribution is -2.41. The summed E-state index contributed by atoms with van der Waals surface area (Å²) in [6, 6.07) is 6.93. The molecule has 112 valence electrons. The Balaban J connectivity index is 2.10. The summed E-state index contributed by atoms with van der Waals surface area (Å²) in [7, 11) is 0. The van der Waals surface area contributed by atoms with E-state index in [0.29, 0.717) is 6.04 Å². The van der Waals surface area contributed by atoms with Crippen molar-refractivity contribution < 1.29 is 5.11 Å². The zero-order chi connectivity index (χ0) is 14.4. The van der Waals surface area contributed by atoms with E-state index < -0.39 is 0 Å². The minimum absolute atomic E-state index is 0.235. The van der Waals surface area contributed by atoms with Gasteiger partial charge in [-0.15, -0.1) is 0 Å². The van der Waals surface area contributed by atoms with Crippen LogP contribution in [0.3, 0.4) is 0 Å². The number of nitrogens with one attached hydrogen (secondary N) is 1. The van der Waals surface area contributed by atoms with Crippen molar-refractivity contribution in [1.29, 1.82) is 0 Å². The molecule has 1 saturated carbocycles. The van der Waals surface area contributed by atoms with Gasteiger partial charge in [0.2, 0.25) is 0 Å². The molecule has 2 N–H and O–H groups in total. The first kappa shape index (κ1) is 15.6. The average Bonchev–Trinajstić information content (AvgIpc) is 2.39. The zero-order valence-electron chi connectivity index (χ0n) is 12.2. The van der Waals surface area contributed by atoms with E-state index in [-0.39, 0.29) is 6.61 Å². The molecule has 1 aromatic carbocycles. The third-order valence-corrected chi connectivity index (χ3v) is 4.28. The maximum Gasteiger partial charge on any atom is 0.0642 e. The first-order valence-electron chi connectivity index (χ1n) is 7.63. The van der Waals surface area contributed by atoms with Gasteiger partial charge in [0.05, 0.1) is 10.7 Å². The molecule has 0 aromatic heterocycles. The lowest BCUT2D eigenvalue weighted by atomic mass is 9.90. The Morgan fingerprint density at radius 2 is 2.20 bits per heavy atom. The predicted octanol–water partition coefficient (Wildman–Crippen LogP) is 3.19. The van der Waals surface area contributed by atoms with Gasteiger partial charge in [0, 0.05) is 25.7 Å². The van der Waals surface area contributed by atoms with Crippen LogP contribution in [-0.2, 0) is 6.54 Å². The van der Waals surface area contributed by atoms with Crippen molar-refractivity contribution in [3.8, 4) is 0 Å². The fourth-order valence-electron chi connectivity index (χ4n) is 2.60. The molecule has 0 unspecified atom stereocenters. The van der Waals surface area contributed by atoms with Gasteiger partial charge in [0.25, 0.3) is 0 Å². The van der Waals surface area contributed by atoms with Crippen LogP contribution in [0.1, 0.15) is 38.2 Å². The van der Waals surface area contributed by atoms with E-state index in [9.17, 15) is 0 Å². The number of benzene rings is 1. The van der Waals surface area contributed by atoms with Crippen molar-refractivity contribution in [3.05, 3.63) is 28.8 Å². The van der Waals surface area contributed by atoms with Crippen LogP contribution in [0, 0.1) is 0 Å². The topological polar surface area (TPSA) is 35.5 Å². The third-order valence-electron chi connectivity index (χ3n) is 3.97. The Kier molecular flexibility index (Phi) is 6.14. The lowest BCUT2D eigenvalue weighted by molar-refractivity contribution is 0.283. The normalized spacial score (nSPS) is 15.2. The standard InChI is InChI=1S/C16H25ClN2O/c1-2-18-12-13-7-8-16(15(17)11-13)19(9-4-10-20)14-5-3-6-14/h7-8,11,14,18,20H,2-6,9-10,12H2,1H3. The van der Waals surface area contributed by atoms with E-state index >= 15 is 0 Å². The Labute approximate surface area is 126 Å². The number of aliphatic hydroxyl groups excluding tert-OH is 1. The Morgan fingerprint density at radius 3 is 2.75 bits per heavy atom. The fourth-order valence-corrected chi connectivity index (χ4v) is 2.91. The molecule has 0 amide bonds. The molecule has 0 heterocycles. The number of aliphatic hydroxyl groups is 1. The summed E-state index contributed by atoms with van der Waals surface area (Å²) in [6.45, 7) is 5.04.